The third kappa shape index (κ3) is 3.66. The fourth-order valence-corrected chi connectivity index (χ4v) is 2.73. The van der Waals surface area contributed by atoms with Gasteiger partial charge in [-0.2, -0.15) is 0 Å². The molecule has 2 nitrogen and oxygen atoms in total. The van der Waals surface area contributed by atoms with Gasteiger partial charge in [-0.25, -0.2) is 0 Å². The lowest BCUT2D eigenvalue weighted by Crippen LogP contribution is -2.05. The number of aryl methyl sites for hydroxylation is 3. The lowest BCUT2D eigenvalue weighted by Gasteiger charge is -2.17. The summed E-state index contributed by atoms with van der Waals surface area (Å²) >= 11 is 3.52. The number of aliphatic hydroxyl groups is 1. The number of hydrogen-bond donors (Lipinski definition) is 1. The molecule has 0 fully saturated rings. The van der Waals surface area contributed by atoms with Gasteiger partial charge in [0.1, 0.15) is 5.75 Å². The number of hydrogen-bond acceptors (Lipinski definition) is 2. The van der Waals surface area contributed by atoms with Crippen LogP contribution in [-0.4, -0.2) is 12.2 Å². The normalized spacial score (nSPS) is 12.3. The van der Waals surface area contributed by atoms with Crippen molar-refractivity contribution in [1.29, 1.82) is 0 Å². The third-order valence-electron chi connectivity index (χ3n) is 3.87. The van der Waals surface area contributed by atoms with Crippen LogP contribution < -0.4 is 4.74 Å². The standard InChI is InChI=1S/C18H21BrO2/c1-11-5-6-14(7-12(11)2)9-17(20)15-10-16(19)13(3)8-18(15)21-4/h5-8,10,17,20H,9H2,1-4H3. The molecule has 2 aromatic rings. The molecule has 0 radical (unpaired) electrons. The summed E-state index contributed by atoms with van der Waals surface area (Å²) in [6, 6.07) is 10.2. The van der Waals surface area contributed by atoms with E-state index in [1.165, 1.54) is 11.1 Å². The average molecular weight is 349 g/mol. The molecular weight excluding hydrogens is 328 g/mol. The first-order valence-electron chi connectivity index (χ1n) is 7.00. The number of aliphatic hydroxyl groups excluding tert-OH is 1. The van der Waals surface area contributed by atoms with Gasteiger partial charge in [-0.3, -0.25) is 0 Å². The fraction of sp³-hybridized carbons (Fsp3) is 0.333. The maximum atomic E-state index is 10.6. The zero-order valence-corrected chi connectivity index (χ0v) is 14.5. The van der Waals surface area contributed by atoms with Crippen molar-refractivity contribution in [1.82, 2.24) is 0 Å². The van der Waals surface area contributed by atoms with Crippen LogP contribution in [0.25, 0.3) is 0 Å². The molecule has 1 N–H and O–H groups in total. The van der Waals surface area contributed by atoms with Gasteiger partial charge in [-0.15, -0.1) is 0 Å². The summed E-state index contributed by atoms with van der Waals surface area (Å²) in [5.74, 6) is 0.729. The van der Waals surface area contributed by atoms with Crippen molar-refractivity contribution in [2.45, 2.75) is 33.3 Å². The molecule has 0 aliphatic heterocycles. The van der Waals surface area contributed by atoms with Crippen LogP contribution in [0.5, 0.6) is 5.75 Å². The highest BCUT2D eigenvalue weighted by Crippen LogP contribution is 2.33. The lowest BCUT2D eigenvalue weighted by atomic mass is 9.97. The maximum Gasteiger partial charge on any atom is 0.125 e. The highest BCUT2D eigenvalue weighted by molar-refractivity contribution is 9.10. The van der Waals surface area contributed by atoms with E-state index in [-0.39, 0.29) is 0 Å². The Hall–Kier alpha value is -1.32. The number of ether oxygens (including phenoxy) is 1. The number of rotatable bonds is 4. The SMILES string of the molecule is COc1cc(C)c(Br)cc1C(O)Cc1ccc(C)c(C)c1. The van der Waals surface area contributed by atoms with Crippen molar-refractivity contribution in [3.05, 3.63) is 62.6 Å². The molecule has 112 valence electrons. The Morgan fingerprint density at radius 3 is 2.38 bits per heavy atom. The second-order valence-corrected chi connectivity index (χ2v) is 6.34. The van der Waals surface area contributed by atoms with E-state index >= 15 is 0 Å². The van der Waals surface area contributed by atoms with E-state index in [0.29, 0.717) is 6.42 Å². The van der Waals surface area contributed by atoms with Gasteiger partial charge in [0.2, 0.25) is 0 Å². The quantitative estimate of drug-likeness (QED) is 0.870. The van der Waals surface area contributed by atoms with E-state index in [2.05, 4.69) is 48.0 Å². The molecular formula is C18H21BrO2. The molecule has 0 bridgehead atoms. The van der Waals surface area contributed by atoms with Gasteiger partial charge in [-0.05, 0) is 55.2 Å². The van der Waals surface area contributed by atoms with Crippen LogP contribution in [0.1, 0.15) is 33.9 Å². The summed E-state index contributed by atoms with van der Waals surface area (Å²) < 4.78 is 6.39. The Labute approximate surface area is 134 Å². The van der Waals surface area contributed by atoms with Gasteiger partial charge in [0.25, 0.3) is 0 Å². The Morgan fingerprint density at radius 1 is 1.05 bits per heavy atom. The Balaban J connectivity index is 2.29. The second-order valence-electron chi connectivity index (χ2n) is 5.48. The van der Waals surface area contributed by atoms with Crippen LogP contribution in [0, 0.1) is 20.8 Å². The molecule has 0 saturated carbocycles. The highest BCUT2D eigenvalue weighted by Gasteiger charge is 2.16. The fourth-order valence-electron chi connectivity index (χ4n) is 2.37. The van der Waals surface area contributed by atoms with Crippen LogP contribution in [0.15, 0.2) is 34.8 Å². The van der Waals surface area contributed by atoms with Gasteiger partial charge in [0.05, 0.1) is 13.2 Å². The van der Waals surface area contributed by atoms with Crippen LogP contribution in [0.2, 0.25) is 0 Å². The van der Waals surface area contributed by atoms with Crippen molar-refractivity contribution >= 4 is 15.9 Å². The van der Waals surface area contributed by atoms with E-state index in [1.807, 2.05) is 19.1 Å². The first kappa shape index (κ1) is 16.1. The Morgan fingerprint density at radius 2 is 1.76 bits per heavy atom. The first-order chi connectivity index (χ1) is 9.92. The monoisotopic (exact) mass is 348 g/mol. The summed E-state index contributed by atoms with van der Waals surface area (Å²) in [4.78, 5) is 0. The van der Waals surface area contributed by atoms with Crippen LogP contribution >= 0.6 is 15.9 Å². The smallest absolute Gasteiger partial charge is 0.125 e. The molecule has 0 saturated heterocycles. The summed E-state index contributed by atoms with van der Waals surface area (Å²) in [7, 11) is 1.63. The molecule has 0 heterocycles. The van der Waals surface area contributed by atoms with Gasteiger partial charge >= 0.3 is 0 Å². The molecule has 1 unspecified atom stereocenters. The zero-order valence-electron chi connectivity index (χ0n) is 12.9. The largest absolute Gasteiger partial charge is 0.496 e. The second kappa shape index (κ2) is 6.63. The van der Waals surface area contributed by atoms with Crippen molar-refractivity contribution < 1.29 is 9.84 Å². The molecule has 0 aliphatic carbocycles. The summed E-state index contributed by atoms with van der Waals surface area (Å²) in [6.45, 7) is 6.19. The number of methoxy groups -OCH3 is 1. The minimum Gasteiger partial charge on any atom is -0.496 e. The van der Waals surface area contributed by atoms with Gasteiger partial charge in [0.15, 0.2) is 0 Å². The summed E-state index contributed by atoms with van der Waals surface area (Å²) in [5.41, 5.74) is 5.55. The van der Waals surface area contributed by atoms with Gasteiger partial charge in [-0.1, -0.05) is 34.1 Å². The number of halogens is 1. The minimum atomic E-state index is -0.584. The summed E-state index contributed by atoms with van der Waals surface area (Å²) in [5, 5.41) is 10.6. The zero-order chi connectivity index (χ0) is 15.6. The Kier molecular flexibility index (Phi) is 5.07. The van der Waals surface area contributed by atoms with Crippen LogP contribution in [0.3, 0.4) is 0 Å². The van der Waals surface area contributed by atoms with Crippen molar-refractivity contribution in [3.63, 3.8) is 0 Å². The predicted octanol–water partition coefficient (Wildman–Crippen LogP) is 4.66. The van der Waals surface area contributed by atoms with E-state index < -0.39 is 6.10 Å². The third-order valence-corrected chi connectivity index (χ3v) is 4.72. The van der Waals surface area contributed by atoms with E-state index in [9.17, 15) is 5.11 Å². The first-order valence-corrected chi connectivity index (χ1v) is 7.80. The van der Waals surface area contributed by atoms with Crippen LogP contribution in [-0.2, 0) is 6.42 Å². The van der Waals surface area contributed by atoms with Gasteiger partial charge in [0, 0.05) is 16.5 Å². The Bertz CT molecular complexity index is 650. The van der Waals surface area contributed by atoms with Gasteiger partial charge < -0.3 is 9.84 Å². The average Bonchev–Trinajstić information content (AvgIpc) is 2.45. The van der Waals surface area contributed by atoms with Crippen molar-refractivity contribution in [2.24, 2.45) is 0 Å². The summed E-state index contributed by atoms with van der Waals surface area (Å²) in [6.07, 6.45) is -0.00793. The van der Waals surface area contributed by atoms with Crippen molar-refractivity contribution in [3.8, 4) is 5.75 Å². The topological polar surface area (TPSA) is 29.5 Å². The molecule has 2 aromatic carbocycles. The molecule has 3 heteroatoms. The molecule has 1 atom stereocenters. The van der Waals surface area contributed by atoms with E-state index in [0.717, 1.165) is 26.9 Å². The molecule has 0 aromatic heterocycles. The molecule has 2 rings (SSSR count). The molecule has 0 amide bonds. The van der Waals surface area contributed by atoms with E-state index in [1.54, 1.807) is 7.11 Å². The maximum absolute atomic E-state index is 10.6. The van der Waals surface area contributed by atoms with Crippen molar-refractivity contribution in [2.75, 3.05) is 7.11 Å². The highest BCUT2D eigenvalue weighted by atomic mass is 79.9. The van der Waals surface area contributed by atoms with Crippen LogP contribution in [0.4, 0.5) is 0 Å². The molecule has 0 aliphatic rings. The molecule has 21 heavy (non-hydrogen) atoms. The predicted molar refractivity (Wildman–Crippen MR) is 90.0 cm³/mol. The molecule has 0 spiro atoms. The number of benzene rings is 2. The minimum absolute atomic E-state index is 0.576. The van der Waals surface area contributed by atoms with E-state index in [4.69, 9.17) is 4.74 Å². The lowest BCUT2D eigenvalue weighted by molar-refractivity contribution is 0.174.